The molecule has 0 amide bonds. The second kappa shape index (κ2) is 9.17. The van der Waals surface area contributed by atoms with Crippen LogP contribution in [0.1, 0.15) is 21.7 Å². The molecule has 186 valence electrons. The van der Waals surface area contributed by atoms with Crippen molar-refractivity contribution in [3.63, 3.8) is 0 Å². The fraction of sp³-hybridized carbons (Fsp3) is 0.0345. The number of aromatic nitrogens is 2. The Hall–Kier alpha value is -4.95. The summed E-state index contributed by atoms with van der Waals surface area (Å²) in [6.07, 6.45) is 1.40. The summed E-state index contributed by atoms with van der Waals surface area (Å²) in [5.41, 5.74) is 2.15. The van der Waals surface area contributed by atoms with Gasteiger partial charge in [0.25, 0.3) is 5.56 Å². The van der Waals surface area contributed by atoms with Crippen molar-refractivity contribution >= 4 is 45.7 Å². The van der Waals surface area contributed by atoms with Crippen LogP contribution in [0.5, 0.6) is 0 Å². The van der Waals surface area contributed by atoms with E-state index in [2.05, 4.69) is 10.1 Å². The lowest BCUT2D eigenvalue weighted by Crippen LogP contribution is -2.20. The van der Waals surface area contributed by atoms with Gasteiger partial charge in [-0.05, 0) is 67.1 Å². The summed E-state index contributed by atoms with van der Waals surface area (Å²) in [7, 11) is 0. The minimum Gasteiger partial charge on any atom is -0.478 e. The predicted octanol–water partition coefficient (Wildman–Crippen LogP) is 6.61. The molecule has 8 nitrogen and oxygen atoms in total. The van der Waals surface area contributed by atoms with E-state index >= 15 is 0 Å². The van der Waals surface area contributed by atoms with Crippen molar-refractivity contribution in [2.24, 2.45) is 5.10 Å². The van der Waals surface area contributed by atoms with E-state index in [1.165, 1.54) is 10.9 Å². The second-order valence-electron chi connectivity index (χ2n) is 8.59. The van der Waals surface area contributed by atoms with E-state index in [9.17, 15) is 14.7 Å². The molecule has 6 aromatic rings. The van der Waals surface area contributed by atoms with Gasteiger partial charge >= 0.3 is 5.97 Å². The summed E-state index contributed by atoms with van der Waals surface area (Å²) in [6, 6.07) is 22.4. The van der Waals surface area contributed by atoms with Crippen LogP contribution in [0.15, 0.2) is 97.6 Å². The lowest BCUT2D eigenvalue weighted by atomic mass is 10.0. The first kappa shape index (κ1) is 23.4. The highest BCUT2D eigenvalue weighted by atomic mass is 35.5. The van der Waals surface area contributed by atoms with Crippen molar-refractivity contribution in [1.29, 1.82) is 0 Å². The van der Waals surface area contributed by atoms with Crippen LogP contribution >= 0.6 is 11.6 Å². The highest BCUT2D eigenvalue weighted by Crippen LogP contribution is 2.30. The number of fused-ring (bicyclic) bond motifs is 2. The van der Waals surface area contributed by atoms with Gasteiger partial charge in [-0.1, -0.05) is 35.9 Å². The fourth-order valence-corrected chi connectivity index (χ4v) is 4.51. The number of carboxylic acid groups (broad SMARTS) is 1. The van der Waals surface area contributed by atoms with Crippen LogP contribution in [0, 0.1) is 6.92 Å². The molecule has 0 saturated carbocycles. The molecule has 9 heteroatoms. The van der Waals surface area contributed by atoms with E-state index < -0.39 is 5.97 Å². The van der Waals surface area contributed by atoms with Gasteiger partial charge < -0.3 is 13.9 Å². The number of furan rings is 2. The Balaban J connectivity index is 1.45. The number of nitrogens with zero attached hydrogens (tertiary/aromatic N) is 3. The van der Waals surface area contributed by atoms with Crippen LogP contribution in [0.3, 0.4) is 0 Å². The molecule has 0 aliphatic rings. The molecule has 0 bridgehead atoms. The third-order valence-electron chi connectivity index (χ3n) is 6.21. The maximum Gasteiger partial charge on any atom is 0.335 e. The topological polar surface area (TPSA) is 111 Å². The highest BCUT2D eigenvalue weighted by Gasteiger charge is 2.17. The van der Waals surface area contributed by atoms with Gasteiger partial charge in [0.05, 0.1) is 22.7 Å². The molecule has 0 radical (unpaired) electrons. The molecule has 3 heterocycles. The number of para-hydroxylation sites is 1. The maximum atomic E-state index is 13.4. The zero-order valence-corrected chi connectivity index (χ0v) is 20.6. The molecule has 0 atom stereocenters. The number of carboxylic acids is 1. The summed E-state index contributed by atoms with van der Waals surface area (Å²) in [5, 5.41) is 15.6. The summed E-state index contributed by atoms with van der Waals surface area (Å²) < 4.78 is 13.1. The molecule has 0 unspecified atom stereocenters. The summed E-state index contributed by atoms with van der Waals surface area (Å²) >= 11 is 6.13. The summed E-state index contributed by atoms with van der Waals surface area (Å²) in [6.45, 7) is 1.72. The SMILES string of the molecule is Cc1c(C(=O)O)cccc1-c1ccc(C=Nn2c(-c3cc4cc(Cl)ccc4o3)nc3ccccc3c2=O)o1. The van der Waals surface area contributed by atoms with Crippen molar-refractivity contribution < 1.29 is 18.7 Å². The third kappa shape index (κ3) is 4.07. The summed E-state index contributed by atoms with van der Waals surface area (Å²) in [4.78, 5) is 29.6. The first-order valence-corrected chi connectivity index (χ1v) is 12.0. The van der Waals surface area contributed by atoms with Gasteiger partial charge in [-0.2, -0.15) is 9.78 Å². The molecule has 0 aliphatic carbocycles. The average Bonchev–Trinajstić information content (AvgIpc) is 3.55. The average molecular weight is 524 g/mol. The Morgan fingerprint density at radius 3 is 2.68 bits per heavy atom. The fourth-order valence-electron chi connectivity index (χ4n) is 4.33. The van der Waals surface area contributed by atoms with Crippen molar-refractivity contribution in [2.45, 2.75) is 6.92 Å². The van der Waals surface area contributed by atoms with Crippen LogP contribution in [-0.4, -0.2) is 27.0 Å². The van der Waals surface area contributed by atoms with Crippen molar-refractivity contribution in [1.82, 2.24) is 9.66 Å². The van der Waals surface area contributed by atoms with Gasteiger partial charge in [-0.25, -0.2) is 9.78 Å². The number of hydrogen-bond donors (Lipinski definition) is 1. The minimum absolute atomic E-state index is 0.194. The van der Waals surface area contributed by atoms with Crippen molar-refractivity contribution in [2.75, 3.05) is 0 Å². The largest absolute Gasteiger partial charge is 0.478 e. The van der Waals surface area contributed by atoms with Gasteiger partial charge in [0.2, 0.25) is 5.82 Å². The Morgan fingerprint density at radius 1 is 1.00 bits per heavy atom. The normalized spacial score (nSPS) is 11.6. The van der Waals surface area contributed by atoms with Crippen LogP contribution < -0.4 is 5.56 Å². The molecule has 3 aromatic carbocycles. The molecule has 38 heavy (non-hydrogen) atoms. The van der Waals surface area contributed by atoms with E-state index in [-0.39, 0.29) is 16.9 Å². The van der Waals surface area contributed by atoms with Crippen molar-refractivity contribution in [3.8, 4) is 22.9 Å². The monoisotopic (exact) mass is 523 g/mol. The third-order valence-corrected chi connectivity index (χ3v) is 6.44. The Bertz CT molecular complexity index is 1960. The molecular formula is C29H18ClN3O5. The molecule has 0 spiro atoms. The van der Waals surface area contributed by atoms with Crippen LogP contribution in [0.2, 0.25) is 5.02 Å². The Labute approximate surface area is 220 Å². The zero-order chi connectivity index (χ0) is 26.4. The van der Waals surface area contributed by atoms with Gasteiger partial charge in [0.1, 0.15) is 17.1 Å². The second-order valence-corrected chi connectivity index (χ2v) is 9.03. The molecule has 1 N–H and O–H groups in total. The predicted molar refractivity (Wildman–Crippen MR) is 145 cm³/mol. The van der Waals surface area contributed by atoms with Crippen LogP contribution in [0.25, 0.3) is 44.8 Å². The van der Waals surface area contributed by atoms with E-state index in [0.29, 0.717) is 49.9 Å². The molecular weight excluding hydrogens is 506 g/mol. The first-order chi connectivity index (χ1) is 18.4. The van der Waals surface area contributed by atoms with Crippen LogP contribution in [0.4, 0.5) is 0 Å². The Kier molecular flexibility index (Phi) is 5.66. The van der Waals surface area contributed by atoms with E-state index in [0.717, 1.165) is 5.39 Å². The van der Waals surface area contributed by atoms with Gasteiger partial charge in [-0.15, -0.1) is 0 Å². The number of rotatable bonds is 5. The van der Waals surface area contributed by atoms with E-state index in [1.54, 1.807) is 85.8 Å². The Morgan fingerprint density at radius 2 is 1.84 bits per heavy atom. The summed E-state index contributed by atoms with van der Waals surface area (Å²) in [5.74, 6) is 0.395. The number of hydrogen-bond acceptors (Lipinski definition) is 6. The quantitative estimate of drug-likeness (QED) is 0.254. The lowest BCUT2D eigenvalue weighted by Gasteiger charge is -2.07. The number of carbonyl (C=O) groups is 1. The number of halogens is 1. The molecule has 6 rings (SSSR count). The van der Waals surface area contributed by atoms with Gasteiger partial charge in [-0.3, -0.25) is 4.79 Å². The van der Waals surface area contributed by atoms with Gasteiger partial charge in [0, 0.05) is 16.0 Å². The van der Waals surface area contributed by atoms with E-state index in [4.69, 9.17) is 20.4 Å². The molecule has 0 aliphatic heterocycles. The maximum absolute atomic E-state index is 13.4. The van der Waals surface area contributed by atoms with E-state index in [1.807, 2.05) is 0 Å². The zero-order valence-electron chi connectivity index (χ0n) is 19.9. The highest BCUT2D eigenvalue weighted by molar-refractivity contribution is 6.31. The number of aromatic carboxylic acids is 1. The molecule has 0 fully saturated rings. The molecule has 3 aromatic heterocycles. The lowest BCUT2D eigenvalue weighted by molar-refractivity contribution is 0.0696. The smallest absolute Gasteiger partial charge is 0.335 e. The minimum atomic E-state index is -1.01. The van der Waals surface area contributed by atoms with Crippen LogP contribution in [-0.2, 0) is 0 Å². The first-order valence-electron chi connectivity index (χ1n) is 11.6. The number of benzene rings is 3. The van der Waals surface area contributed by atoms with Gasteiger partial charge in [0.15, 0.2) is 5.76 Å². The molecule has 0 saturated heterocycles. The van der Waals surface area contributed by atoms with Crippen molar-refractivity contribution in [3.05, 3.63) is 111 Å². The standard InChI is InChI=1S/C29H18ClN3O5/c1-16-20(6-4-7-21(16)29(35)36)25-12-10-19(37-25)15-31-33-27(32-23-8-3-2-5-22(23)28(33)34)26-14-17-13-18(30)9-11-24(17)38-26/h2-15H,1H3,(H,35,36).